The zero-order valence-electron chi connectivity index (χ0n) is 19.1. The summed E-state index contributed by atoms with van der Waals surface area (Å²) in [5.74, 6) is 2.53. The Morgan fingerprint density at radius 1 is 1.18 bits per heavy atom. The zero-order chi connectivity index (χ0) is 23.4. The molecule has 2 N–H and O–H groups in total. The van der Waals surface area contributed by atoms with E-state index in [2.05, 4.69) is 37.3 Å². The Balaban J connectivity index is 1.34. The molecular formula is C23H25N9O2. The van der Waals surface area contributed by atoms with Crippen LogP contribution in [-0.2, 0) is 19.4 Å². The summed E-state index contributed by atoms with van der Waals surface area (Å²) in [7, 11) is 0. The lowest BCUT2D eigenvalue weighted by Crippen LogP contribution is -2.29. The minimum atomic E-state index is -1.01. The maximum atomic E-state index is 11.7. The standard InChI is InChI=1S/C23H25N9O2/c1-3-31-21(14-9-24-12(2)25-10-14)29-19-20(26-11-27-22(19)31)28-15-6-7-17-16(8-15)18(13-4-5-13)30-32(17)23(33)34/h9-11,13,15H,3-8H2,1-2H3,(H,33,34)(H,26,27,28). The number of aryl methyl sites for hydroxylation is 2. The number of nitrogens with one attached hydrogen (secondary N) is 1. The molecule has 4 heterocycles. The van der Waals surface area contributed by atoms with E-state index in [1.54, 1.807) is 18.7 Å². The summed E-state index contributed by atoms with van der Waals surface area (Å²) < 4.78 is 3.22. The van der Waals surface area contributed by atoms with E-state index in [-0.39, 0.29) is 6.04 Å². The van der Waals surface area contributed by atoms with Crippen LogP contribution < -0.4 is 5.32 Å². The highest BCUT2D eigenvalue weighted by Gasteiger charge is 2.36. The molecule has 1 fully saturated rings. The molecule has 0 radical (unpaired) electrons. The average molecular weight is 460 g/mol. The Morgan fingerprint density at radius 2 is 1.97 bits per heavy atom. The van der Waals surface area contributed by atoms with E-state index >= 15 is 0 Å². The zero-order valence-corrected chi connectivity index (χ0v) is 19.1. The third kappa shape index (κ3) is 3.39. The van der Waals surface area contributed by atoms with Crippen molar-refractivity contribution in [3.8, 4) is 11.4 Å². The molecule has 0 aromatic carbocycles. The summed E-state index contributed by atoms with van der Waals surface area (Å²) >= 11 is 0. The molecule has 1 atom stereocenters. The summed E-state index contributed by atoms with van der Waals surface area (Å²) in [6.45, 7) is 4.60. The highest BCUT2D eigenvalue weighted by Crippen LogP contribution is 2.43. The first-order chi connectivity index (χ1) is 16.5. The van der Waals surface area contributed by atoms with Crippen molar-refractivity contribution in [3.63, 3.8) is 0 Å². The van der Waals surface area contributed by atoms with Gasteiger partial charge in [-0.3, -0.25) is 0 Å². The van der Waals surface area contributed by atoms with Crippen LogP contribution in [0.4, 0.5) is 10.6 Å². The van der Waals surface area contributed by atoms with Crippen LogP contribution in [0.1, 0.15) is 54.9 Å². The molecule has 4 aromatic rings. The lowest BCUT2D eigenvalue weighted by atomic mass is 9.90. The minimum Gasteiger partial charge on any atom is -0.463 e. The van der Waals surface area contributed by atoms with E-state index in [1.807, 2.05) is 11.5 Å². The fourth-order valence-corrected chi connectivity index (χ4v) is 4.87. The number of aromatic nitrogens is 8. The molecule has 4 aromatic heterocycles. The van der Waals surface area contributed by atoms with E-state index in [1.165, 1.54) is 4.68 Å². The molecule has 2 aliphatic carbocycles. The van der Waals surface area contributed by atoms with Crippen LogP contribution in [0, 0.1) is 6.92 Å². The van der Waals surface area contributed by atoms with E-state index in [9.17, 15) is 9.90 Å². The molecule has 0 aliphatic heterocycles. The molecule has 1 unspecified atom stereocenters. The van der Waals surface area contributed by atoms with Crippen molar-refractivity contribution in [2.24, 2.45) is 0 Å². The van der Waals surface area contributed by atoms with Crippen LogP contribution in [0.25, 0.3) is 22.6 Å². The van der Waals surface area contributed by atoms with Crippen LogP contribution in [0.5, 0.6) is 0 Å². The highest BCUT2D eigenvalue weighted by molar-refractivity contribution is 5.86. The van der Waals surface area contributed by atoms with Gasteiger partial charge in [-0.25, -0.2) is 29.7 Å². The number of hydrogen-bond donors (Lipinski definition) is 2. The first kappa shape index (κ1) is 20.7. The van der Waals surface area contributed by atoms with Gasteiger partial charge in [0, 0.05) is 30.9 Å². The Bertz CT molecular complexity index is 1400. The van der Waals surface area contributed by atoms with Crippen molar-refractivity contribution in [2.45, 2.75) is 64.5 Å². The quantitative estimate of drug-likeness (QED) is 0.461. The molecule has 0 spiro atoms. The molecule has 0 amide bonds. The Labute approximate surface area is 195 Å². The van der Waals surface area contributed by atoms with Crippen molar-refractivity contribution < 1.29 is 9.90 Å². The number of hydrogen-bond acceptors (Lipinski definition) is 8. The molecule has 0 bridgehead atoms. The average Bonchev–Trinajstić information content (AvgIpc) is 3.50. The SMILES string of the molecule is CCn1c(-c2cnc(C)nc2)nc2c(NC3CCc4c(c(C5CC5)nn4C(=O)O)C3)ncnc21. The van der Waals surface area contributed by atoms with Crippen LogP contribution in [0.15, 0.2) is 18.7 Å². The minimum absolute atomic E-state index is 0.104. The second-order valence-electron chi connectivity index (χ2n) is 8.96. The predicted octanol–water partition coefficient (Wildman–Crippen LogP) is 3.18. The molecule has 174 valence electrons. The molecule has 11 nitrogen and oxygen atoms in total. The monoisotopic (exact) mass is 459 g/mol. The first-order valence-electron chi connectivity index (χ1n) is 11.6. The van der Waals surface area contributed by atoms with Gasteiger partial charge >= 0.3 is 6.09 Å². The first-order valence-corrected chi connectivity index (χ1v) is 11.6. The van der Waals surface area contributed by atoms with Crippen molar-refractivity contribution >= 4 is 23.1 Å². The van der Waals surface area contributed by atoms with Gasteiger partial charge in [0.15, 0.2) is 17.0 Å². The Morgan fingerprint density at radius 3 is 2.68 bits per heavy atom. The fourth-order valence-electron chi connectivity index (χ4n) is 4.87. The molecule has 11 heteroatoms. The number of carboxylic acid groups (broad SMARTS) is 1. The molecule has 6 rings (SSSR count). The molecular weight excluding hydrogens is 434 g/mol. The number of anilines is 1. The van der Waals surface area contributed by atoms with Crippen LogP contribution in [0.2, 0.25) is 0 Å². The maximum Gasteiger partial charge on any atom is 0.432 e. The largest absolute Gasteiger partial charge is 0.463 e. The topological polar surface area (TPSA) is 137 Å². The van der Waals surface area contributed by atoms with Gasteiger partial charge in [-0.05, 0) is 51.5 Å². The van der Waals surface area contributed by atoms with Gasteiger partial charge < -0.3 is 15.0 Å². The third-order valence-corrected chi connectivity index (χ3v) is 6.67. The van der Waals surface area contributed by atoms with Crippen molar-refractivity contribution in [2.75, 3.05) is 5.32 Å². The maximum absolute atomic E-state index is 11.7. The van der Waals surface area contributed by atoms with Gasteiger partial charge in [0.2, 0.25) is 0 Å². The van der Waals surface area contributed by atoms with Crippen molar-refractivity contribution in [1.82, 2.24) is 39.3 Å². The third-order valence-electron chi connectivity index (χ3n) is 6.67. The fraction of sp³-hybridized carbons (Fsp3) is 0.435. The molecule has 2 aliphatic rings. The number of imidazole rings is 1. The van der Waals surface area contributed by atoms with E-state index in [4.69, 9.17) is 4.98 Å². The van der Waals surface area contributed by atoms with Gasteiger partial charge in [-0.1, -0.05) is 0 Å². The summed E-state index contributed by atoms with van der Waals surface area (Å²) in [5, 5.41) is 17.6. The number of nitrogens with zero attached hydrogens (tertiary/aromatic N) is 8. The second kappa shape index (κ2) is 7.86. The van der Waals surface area contributed by atoms with Crippen molar-refractivity contribution in [1.29, 1.82) is 0 Å². The number of carbonyl (C=O) groups is 1. The van der Waals surface area contributed by atoms with E-state index < -0.39 is 6.09 Å². The van der Waals surface area contributed by atoms with Gasteiger partial charge in [0.25, 0.3) is 0 Å². The van der Waals surface area contributed by atoms with Gasteiger partial charge in [-0.2, -0.15) is 9.78 Å². The second-order valence-corrected chi connectivity index (χ2v) is 8.96. The lowest BCUT2D eigenvalue weighted by Gasteiger charge is -2.24. The lowest BCUT2D eigenvalue weighted by molar-refractivity contribution is 0.191. The molecule has 1 saturated carbocycles. The Kier molecular flexibility index (Phi) is 4.78. The van der Waals surface area contributed by atoms with Gasteiger partial charge in [0.1, 0.15) is 18.0 Å². The van der Waals surface area contributed by atoms with E-state index in [0.717, 1.165) is 53.2 Å². The van der Waals surface area contributed by atoms with Crippen LogP contribution in [0.3, 0.4) is 0 Å². The van der Waals surface area contributed by atoms with E-state index in [0.29, 0.717) is 42.5 Å². The van der Waals surface area contributed by atoms with Crippen LogP contribution >= 0.6 is 0 Å². The summed E-state index contributed by atoms with van der Waals surface area (Å²) in [6, 6.07) is 0.104. The smallest absolute Gasteiger partial charge is 0.432 e. The number of rotatable bonds is 5. The normalized spacial score (nSPS) is 17.6. The summed E-state index contributed by atoms with van der Waals surface area (Å²) in [6.07, 6.45) is 8.41. The number of fused-ring (bicyclic) bond motifs is 2. The summed E-state index contributed by atoms with van der Waals surface area (Å²) in [4.78, 5) is 34.2. The molecule has 0 saturated heterocycles. The van der Waals surface area contributed by atoms with Crippen molar-refractivity contribution in [3.05, 3.63) is 41.5 Å². The van der Waals surface area contributed by atoms with Gasteiger partial charge in [-0.15, -0.1) is 0 Å². The highest BCUT2D eigenvalue weighted by atomic mass is 16.4. The van der Waals surface area contributed by atoms with Crippen LogP contribution in [-0.4, -0.2) is 56.5 Å². The summed E-state index contributed by atoms with van der Waals surface area (Å²) in [5.41, 5.74) is 5.15. The Hall–Kier alpha value is -3.89. The van der Waals surface area contributed by atoms with Gasteiger partial charge in [0.05, 0.1) is 17.0 Å². The predicted molar refractivity (Wildman–Crippen MR) is 124 cm³/mol. The molecule has 34 heavy (non-hydrogen) atoms.